The Bertz CT molecular complexity index is 1110. The highest BCUT2D eigenvalue weighted by Gasteiger charge is 2.24. The molecule has 9 heteroatoms. The zero-order valence-corrected chi connectivity index (χ0v) is 20.5. The van der Waals surface area contributed by atoms with Crippen molar-refractivity contribution in [2.45, 2.75) is 50.9 Å². The highest BCUT2D eigenvalue weighted by molar-refractivity contribution is 7.99. The molecule has 33 heavy (non-hydrogen) atoms. The number of aryl methyl sites for hydroxylation is 2. The number of nitrogens with zero attached hydrogens (tertiary/aromatic N) is 5. The number of rotatable bonds is 9. The molecule has 0 bridgehead atoms. The average molecular weight is 482 g/mol. The van der Waals surface area contributed by atoms with Gasteiger partial charge in [0.2, 0.25) is 5.91 Å². The minimum absolute atomic E-state index is 0.0513. The average Bonchev–Trinajstić information content (AvgIpc) is 3.55. The van der Waals surface area contributed by atoms with Crippen LogP contribution in [0.1, 0.15) is 30.4 Å². The Morgan fingerprint density at radius 3 is 2.82 bits per heavy atom. The normalized spacial score (nSPS) is 15.5. The van der Waals surface area contributed by atoms with E-state index in [0.29, 0.717) is 18.2 Å². The van der Waals surface area contributed by atoms with Crippen molar-refractivity contribution in [1.82, 2.24) is 14.8 Å². The van der Waals surface area contributed by atoms with Crippen molar-refractivity contribution >= 4 is 34.7 Å². The van der Waals surface area contributed by atoms with E-state index in [1.807, 2.05) is 43.5 Å². The number of carbonyl (C=O) groups excluding carboxylic acids is 1. The lowest BCUT2D eigenvalue weighted by Crippen LogP contribution is -2.33. The molecule has 1 atom stereocenters. The first-order valence-electron chi connectivity index (χ1n) is 11.0. The third-order valence-corrected chi connectivity index (χ3v) is 7.28. The molecule has 0 spiro atoms. The van der Waals surface area contributed by atoms with Crippen LogP contribution in [0.4, 0.5) is 5.69 Å². The van der Waals surface area contributed by atoms with Crippen LogP contribution in [0.2, 0.25) is 0 Å². The first kappa shape index (κ1) is 23.5. The fourth-order valence-electron chi connectivity index (χ4n) is 4.01. The molecular formula is C24H27N5O2S2. The maximum atomic E-state index is 13.3. The highest BCUT2D eigenvalue weighted by Crippen LogP contribution is 2.29. The molecule has 4 rings (SSSR count). The molecule has 1 saturated heterocycles. The molecule has 0 N–H and O–H groups in total. The Balaban J connectivity index is 1.54. The van der Waals surface area contributed by atoms with Crippen LogP contribution in [0, 0.1) is 25.2 Å². The second-order valence-electron chi connectivity index (χ2n) is 8.12. The van der Waals surface area contributed by atoms with E-state index in [9.17, 15) is 4.79 Å². The Hall–Kier alpha value is -2.67. The zero-order valence-electron chi connectivity index (χ0n) is 18.9. The van der Waals surface area contributed by atoms with E-state index < -0.39 is 0 Å². The van der Waals surface area contributed by atoms with E-state index in [0.717, 1.165) is 47.0 Å². The maximum Gasteiger partial charge on any atom is 0.237 e. The number of amides is 1. The quantitative estimate of drug-likeness (QED) is 0.407. The number of hydrogen-bond acceptors (Lipinski definition) is 7. The van der Waals surface area contributed by atoms with Gasteiger partial charge in [-0.15, -0.1) is 21.5 Å². The van der Waals surface area contributed by atoms with Crippen molar-refractivity contribution in [2.75, 3.05) is 23.8 Å². The van der Waals surface area contributed by atoms with Crippen LogP contribution in [0.25, 0.3) is 10.7 Å². The van der Waals surface area contributed by atoms with Gasteiger partial charge in [-0.2, -0.15) is 5.26 Å². The van der Waals surface area contributed by atoms with Crippen molar-refractivity contribution in [3.63, 3.8) is 0 Å². The summed E-state index contributed by atoms with van der Waals surface area (Å²) in [6.45, 7) is 5.84. The van der Waals surface area contributed by atoms with E-state index in [2.05, 4.69) is 26.9 Å². The van der Waals surface area contributed by atoms with Crippen LogP contribution in [0.5, 0.6) is 0 Å². The first-order chi connectivity index (χ1) is 16.0. The number of benzene rings is 1. The van der Waals surface area contributed by atoms with E-state index in [1.54, 1.807) is 16.2 Å². The molecule has 0 radical (unpaired) electrons. The van der Waals surface area contributed by atoms with Crippen molar-refractivity contribution in [3.05, 3.63) is 46.8 Å². The lowest BCUT2D eigenvalue weighted by Gasteiger charge is -2.23. The number of nitriles is 1. The Morgan fingerprint density at radius 2 is 2.15 bits per heavy atom. The number of hydrogen-bond donors (Lipinski definition) is 0. The fourth-order valence-corrected chi connectivity index (χ4v) is 5.55. The van der Waals surface area contributed by atoms with Crippen LogP contribution in [0.15, 0.2) is 40.9 Å². The Morgan fingerprint density at radius 1 is 1.33 bits per heavy atom. The number of thioether (sulfide) groups is 1. The number of carbonyl (C=O) groups is 1. The molecule has 7 nitrogen and oxygen atoms in total. The number of thiophene rings is 1. The van der Waals surface area contributed by atoms with Crippen LogP contribution < -0.4 is 4.90 Å². The molecule has 1 aliphatic heterocycles. The smallest absolute Gasteiger partial charge is 0.237 e. The van der Waals surface area contributed by atoms with Gasteiger partial charge in [0.15, 0.2) is 11.0 Å². The Kier molecular flexibility index (Phi) is 7.81. The third-order valence-electron chi connectivity index (χ3n) is 5.46. The Labute approximate surface area is 202 Å². The minimum Gasteiger partial charge on any atom is -0.376 e. The second-order valence-corrected chi connectivity index (χ2v) is 10.0. The largest absolute Gasteiger partial charge is 0.376 e. The number of ether oxygens (including phenoxy) is 1. The van der Waals surface area contributed by atoms with E-state index in [1.165, 1.54) is 11.8 Å². The van der Waals surface area contributed by atoms with Gasteiger partial charge in [0, 0.05) is 18.8 Å². The molecule has 3 heterocycles. The molecule has 3 aromatic rings. The topological polar surface area (TPSA) is 84.0 Å². The summed E-state index contributed by atoms with van der Waals surface area (Å²) in [6, 6.07) is 12.2. The fraction of sp³-hybridized carbons (Fsp3) is 0.417. The van der Waals surface area contributed by atoms with E-state index in [4.69, 9.17) is 10.00 Å². The standard InChI is InChI=1S/C24H27N5O2S2/c1-17-12-18(2)14-19(13-17)28(9-5-8-25)22(30)16-33-24-27-26-23(21-7-4-11-32-21)29(24)15-20-6-3-10-31-20/h4,7,11-14,20H,3,5-6,9-10,15-16H2,1-2H3/t20-/m1/s1. The van der Waals surface area contributed by atoms with Gasteiger partial charge in [-0.05, 0) is 61.4 Å². The molecule has 0 unspecified atom stereocenters. The third kappa shape index (κ3) is 5.82. The summed E-state index contributed by atoms with van der Waals surface area (Å²) in [6.07, 6.45) is 2.49. The van der Waals surface area contributed by atoms with Crippen molar-refractivity contribution in [2.24, 2.45) is 0 Å². The summed E-state index contributed by atoms with van der Waals surface area (Å²) in [5.74, 6) is 0.975. The molecule has 0 aliphatic carbocycles. The van der Waals surface area contributed by atoms with Gasteiger partial charge in [-0.3, -0.25) is 9.36 Å². The van der Waals surface area contributed by atoms with Crippen molar-refractivity contribution in [1.29, 1.82) is 5.26 Å². The monoisotopic (exact) mass is 481 g/mol. The van der Waals surface area contributed by atoms with Crippen LogP contribution in [0.3, 0.4) is 0 Å². The zero-order chi connectivity index (χ0) is 23.2. The van der Waals surface area contributed by atoms with Crippen LogP contribution in [-0.4, -0.2) is 45.7 Å². The summed E-state index contributed by atoms with van der Waals surface area (Å²) in [7, 11) is 0. The molecule has 1 aromatic carbocycles. The maximum absolute atomic E-state index is 13.3. The molecule has 2 aromatic heterocycles. The van der Waals surface area contributed by atoms with Gasteiger partial charge in [0.25, 0.3) is 0 Å². The van der Waals surface area contributed by atoms with E-state index >= 15 is 0 Å². The van der Waals surface area contributed by atoms with Crippen molar-refractivity contribution in [3.8, 4) is 16.8 Å². The molecule has 0 saturated carbocycles. The molecule has 172 valence electrons. The van der Waals surface area contributed by atoms with Gasteiger partial charge in [0.1, 0.15) is 0 Å². The van der Waals surface area contributed by atoms with Crippen LogP contribution >= 0.6 is 23.1 Å². The molecular weight excluding hydrogens is 454 g/mol. The second kappa shape index (κ2) is 11.0. The van der Waals surface area contributed by atoms with E-state index in [-0.39, 0.29) is 24.2 Å². The summed E-state index contributed by atoms with van der Waals surface area (Å²) in [5, 5.41) is 20.7. The first-order valence-corrected chi connectivity index (χ1v) is 12.9. The van der Waals surface area contributed by atoms with Gasteiger partial charge < -0.3 is 9.64 Å². The van der Waals surface area contributed by atoms with Gasteiger partial charge >= 0.3 is 0 Å². The van der Waals surface area contributed by atoms with Crippen molar-refractivity contribution < 1.29 is 9.53 Å². The molecule has 1 amide bonds. The lowest BCUT2D eigenvalue weighted by molar-refractivity contribution is -0.116. The minimum atomic E-state index is -0.0513. The van der Waals surface area contributed by atoms with Gasteiger partial charge in [0.05, 0.1) is 35.8 Å². The highest BCUT2D eigenvalue weighted by atomic mass is 32.2. The number of aromatic nitrogens is 3. The van der Waals surface area contributed by atoms with Gasteiger partial charge in [-0.25, -0.2) is 0 Å². The molecule has 1 fully saturated rings. The summed E-state index contributed by atoms with van der Waals surface area (Å²) in [5.41, 5.74) is 3.00. The summed E-state index contributed by atoms with van der Waals surface area (Å²) < 4.78 is 7.93. The van der Waals surface area contributed by atoms with Gasteiger partial charge in [-0.1, -0.05) is 23.9 Å². The predicted molar refractivity (Wildman–Crippen MR) is 132 cm³/mol. The predicted octanol–water partition coefficient (Wildman–Crippen LogP) is 4.84. The summed E-state index contributed by atoms with van der Waals surface area (Å²) >= 11 is 3.01. The number of anilines is 1. The van der Waals surface area contributed by atoms with Crippen LogP contribution in [-0.2, 0) is 16.1 Å². The lowest BCUT2D eigenvalue weighted by atomic mass is 10.1. The SMILES string of the molecule is Cc1cc(C)cc(N(CCC#N)C(=O)CSc2nnc(-c3cccs3)n2C[C@H]2CCCO2)c1. The summed E-state index contributed by atoms with van der Waals surface area (Å²) in [4.78, 5) is 16.0. The molecule has 1 aliphatic rings.